The van der Waals surface area contributed by atoms with Crippen LogP contribution in [0.4, 0.5) is 0 Å². The highest BCUT2D eigenvalue weighted by molar-refractivity contribution is 8.12. The molecule has 4 rings (SSSR count). The van der Waals surface area contributed by atoms with Crippen molar-refractivity contribution >= 4 is 34.1 Å². The van der Waals surface area contributed by atoms with Crippen LogP contribution < -0.4 is 0 Å². The fraction of sp³-hybridized carbons (Fsp3) is 0.242. The van der Waals surface area contributed by atoms with Crippen molar-refractivity contribution in [2.75, 3.05) is 0 Å². The van der Waals surface area contributed by atoms with E-state index >= 15 is 0 Å². The van der Waals surface area contributed by atoms with Gasteiger partial charge in [-0.15, -0.1) is 0 Å². The van der Waals surface area contributed by atoms with Crippen molar-refractivity contribution in [2.24, 2.45) is 5.41 Å². The smallest absolute Gasteiger partial charge is 0.0895 e. The molecule has 3 aromatic rings. The number of benzene rings is 2. The second-order valence-electron chi connectivity index (χ2n) is 11.0. The van der Waals surface area contributed by atoms with Crippen molar-refractivity contribution in [3.63, 3.8) is 0 Å². The van der Waals surface area contributed by atoms with Crippen LogP contribution in [0.1, 0.15) is 57.5 Å². The molecule has 178 valence electrons. The summed E-state index contributed by atoms with van der Waals surface area (Å²) in [5.74, 6) is 0. The van der Waals surface area contributed by atoms with E-state index in [9.17, 15) is 0 Å². The molecular formula is C33H35S2+. The Kier molecular flexibility index (Phi) is 7.64. The van der Waals surface area contributed by atoms with E-state index in [-0.39, 0.29) is 10.8 Å². The first-order chi connectivity index (χ1) is 16.6. The summed E-state index contributed by atoms with van der Waals surface area (Å²) in [6.07, 6.45) is 11.4. The maximum absolute atomic E-state index is 2.35. The Bertz CT molecular complexity index is 1290. The minimum atomic E-state index is 0.0948. The molecule has 2 heteroatoms. The fourth-order valence-corrected chi connectivity index (χ4v) is 5.85. The van der Waals surface area contributed by atoms with E-state index in [0.29, 0.717) is 0 Å². The van der Waals surface area contributed by atoms with Crippen molar-refractivity contribution in [2.45, 2.75) is 47.0 Å². The van der Waals surface area contributed by atoms with Crippen LogP contribution in [-0.2, 0) is 5.41 Å². The fourth-order valence-electron chi connectivity index (χ4n) is 3.80. The molecule has 2 aromatic carbocycles. The lowest BCUT2D eigenvalue weighted by Crippen LogP contribution is -2.11. The summed E-state index contributed by atoms with van der Waals surface area (Å²) in [5.41, 5.74) is 5.46. The average Bonchev–Trinajstić information content (AvgIpc) is 2.84. The third-order valence-corrected chi connectivity index (χ3v) is 8.12. The highest BCUT2D eigenvalue weighted by Crippen LogP contribution is 2.43. The van der Waals surface area contributed by atoms with Crippen LogP contribution in [0.3, 0.4) is 0 Å². The van der Waals surface area contributed by atoms with Gasteiger partial charge in [0.25, 0.3) is 0 Å². The van der Waals surface area contributed by atoms with Crippen molar-refractivity contribution in [3.05, 3.63) is 124 Å². The zero-order chi connectivity index (χ0) is 25.1. The highest BCUT2D eigenvalue weighted by atomic mass is 32.2. The standard InChI is InChI=1S/C33H35S2/c1-32(2,3)26-20-28(34-30(22-26)24-14-9-7-10-15-24)18-13-19-29-21-27(33(4,5)6)23-31(35-29)25-16-11-8-12-17-25/h7-23H,1-6H3/q+1. The van der Waals surface area contributed by atoms with Gasteiger partial charge in [0.15, 0.2) is 0 Å². The van der Waals surface area contributed by atoms with E-state index in [2.05, 4.69) is 145 Å². The van der Waals surface area contributed by atoms with Gasteiger partial charge in [0.1, 0.15) is 0 Å². The molecule has 2 heterocycles. The molecule has 0 spiro atoms. The maximum atomic E-state index is 2.35. The summed E-state index contributed by atoms with van der Waals surface area (Å²) in [5, 5.41) is 0. The minimum Gasteiger partial charge on any atom is -0.0895 e. The first-order valence-electron chi connectivity index (χ1n) is 12.2. The molecule has 0 saturated carbocycles. The van der Waals surface area contributed by atoms with Gasteiger partial charge < -0.3 is 0 Å². The van der Waals surface area contributed by atoms with E-state index in [1.165, 1.54) is 41.8 Å². The predicted octanol–water partition coefficient (Wildman–Crippen LogP) is 10.7. The molecule has 0 bridgehead atoms. The van der Waals surface area contributed by atoms with Crippen LogP contribution in [0.2, 0.25) is 0 Å². The molecule has 1 aliphatic heterocycles. The lowest BCUT2D eigenvalue weighted by Gasteiger charge is -2.25. The lowest BCUT2D eigenvalue weighted by atomic mass is 9.85. The Hall–Kier alpha value is -2.68. The summed E-state index contributed by atoms with van der Waals surface area (Å²) in [6.45, 7) is 13.7. The Morgan fingerprint density at radius 3 is 1.94 bits per heavy atom. The number of thioether (sulfide) groups is 1. The first-order valence-corrected chi connectivity index (χ1v) is 13.8. The van der Waals surface area contributed by atoms with Gasteiger partial charge in [-0.2, -0.15) is 0 Å². The third kappa shape index (κ3) is 6.72. The first kappa shape index (κ1) is 25.4. The van der Waals surface area contributed by atoms with Gasteiger partial charge in [-0.3, -0.25) is 0 Å². The number of rotatable bonds is 4. The van der Waals surface area contributed by atoms with Crippen LogP contribution in [0.5, 0.6) is 0 Å². The molecule has 0 fully saturated rings. The largest absolute Gasteiger partial charge is 0.238 e. The van der Waals surface area contributed by atoms with Gasteiger partial charge in [0, 0.05) is 33.6 Å². The minimum absolute atomic E-state index is 0.0948. The Labute approximate surface area is 219 Å². The zero-order valence-corrected chi connectivity index (χ0v) is 23.3. The van der Waals surface area contributed by atoms with E-state index < -0.39 is 0 Å². The van der Waals surface area contributed by atoms with Crippen molar-refractivity contribution in [1.29, 1.82) is 0 Å². The molecule has 1 aliphatic rings. The molecule has 35 heavy (non-hydrogen) atoms. The van der Waals surface area contributed by atoms with Crippen LogP contribution in [0, 0.1) is 5.41 Å². The molecule has 0 radical (unpaired) electrons. The topological polar surface area (TPSA) is 0 Å². The summed E-state index contributed by atoms with van der Waals surface area (Å²) >= 11 is 3.69. The molecule has 0 amide bonds. The second-order valence-corrected chi connectivity index (χ2v) is 13.2. The molecule has 0 N–H and O–H groups in total. The molecular weight excluding hydrogens is 460 g/mol. The highest BCUT2D eigenvalue weighted by Gasteiger charge is 2.23. The van der Waals surface area contributed by atoms with E-state index in [0.717, 1.165) is 0 Å². The number of hydrogen-bond acceptors (Lipinski definition) is 1. The van der Waals surface area contributed by atoms with Gasteiger partial charge in [0.2, 0.25) is 21.1 Å². The quantitative estimate of drug-likeness (QED) is 0.324. The lowest BCUT2D eigenvalue weighted by molar-refractivity contribution is 0.517. The monoisotopic (exact) mass is 495 g/mol. The molecule has 0 saturated heterocycles. The second kappa shape index (κ2) is 10.5. The zero-order valence-electron chi connectivity index (χ0n) is 21.6. The van der Waals surface area contributed by atoms with E-state index in [1.54, 1.807) is 0 Å². The maximum Gasteiger partial charge on any atom is 0.238 e. The van der Waals surface area contributed by atoms with Gasteiger partial charge in [-0.1, -0.05) is 108 Å². The Balaban J connectivity index is 1.68. The molecule has 0 atom stereocenters. The molecule has 0 aliphatic carbocycles. The van der Waals surface area contributed by atoms with Gasteiger partial charge in [-0.25, -0.2) is 0 Å². The van der Waals surface area contributed by atoms with Gasteiger partial charge >= 0.3 is 0 Å². The van der Waals surface area contributed by atoms with Crippen LogP contribution in [-0.4, -0.2) is 0 Å². The van der Waals surface area contributed by atoms with Gasteiger partial charge in [-0.05, 0) is 57.9 Å². The van der Waals surface area contributed by atoms with Crippen LogP contribution >= 0.6 is 23.1 Å². The summed E-state index contributed by atoms with van der Waals surface area (Å²) in [6, 6.07) is 26.1. The van der Waals surface area contributed by atoms with Crippen molar-refractivity contribution in [1.82, 2.24) is 0 Å². The Morgan fingerprint density at radius 2 is 1.34 bits per heavy atom. The van der Waals surface area contributed by atoms with E-state index in [1.807, 2.05) is 23.1 Å². The third-order valence-electron chi connectivity index (χ3n) is 5.99. The van der Waals surface area contributed by atoms with Crippen LogP contribution in [0.25, 0.3) is 21.4 Å². The van der Waals surface area contributed by atoms with Crippen molar-refractivity contribution < 1.29 is 0 Å². The summed E-state index contributed by atoms with van der Waals surface area (Å²) in [4.78, 5) is 5.16. The summed E-state index contributed by atoms with van der Waals surface area (Å²) < 4.78 is 0. The molecule has 0 nitrogen and oxygen atoms in total. The van der Waals surface area contributed by atoms with Crippen molar-refractivity contribution in [3.8, 4) is 10.4 Å². The normalized spacial score (nSPS) is 15.9. The van der Waals surface area contributed by atoms with Crippen LogP contribution in [0.15, 0.2) is 108 Å². The van der Waals surface area contributed by atoms with E-state index in [4.69, 9.17) is 0 Å². The summed E-state index contributed by atoms with van der Waals surface area (Å²) in [7, 11) is 0. The number of hydrogen-bond donors (Lipinski definition) is 0. The molecule has 0 unspecified atom stereocenters. The molecule has 1 aromatic heterocycles. The predicted molar refractivity (Wildman–Crippen MR) is 160 cm³/mol. The average molecular weight is 496 g/mol. The van der Waals surface area contributed by atoms with Gasteiger partial charge in [0.05, 0.1) is 0 Å². The SMILES string of the molecule is CC(C)(C)C1=C/C(=C\C=C\c2cc(C(C)(C)C)cc(-c3ccccc3)[s+]2)SC(c2ccccc2)=C1. The Morgan fingerprint density at radius 1 is 0.714 bits per heavy atom. The number of allylic oxidation sites excluding steroid dienone is 5.